The molecule has 0 aliphatic carbocycles. The highest BCUT2D eigenvalue weighted by molar-refractivity contribution is 5.99. The first-order chi connectivity index (χ1) is 9.49. The average molecular weight is 312 g/mol. The largest absolute Gasteiger partial charge is 0.366 e. The van der Waals surface area contributed by atoms with Gasteiger partial charge in [0, 0.05) is 30.3 Å². The molecule has 2 atom stereocenters. The number of carbonyl (C=O) groups is 2. The molecule has 0 aromatic heterocycles. The second kappa shape index (κ2) is 7.43. The number of likely N-dealkylation sites (tertiary alicyclic amines) is 1. The van der Waals surface area contributed by atoms with E-state index in [2.05, 4.69) is 0 Å². The molecule has 116 valence electrons. The number of rotatable bonds is 3. The summed E-state index contributed by atoms with van der Waals surface area (Å²) < 4.78 is 0. The Bertz CT molecular complexity index is 519. The van der Waals surface area contributed by atoms with E-state index in [1.807, 2.05) is 11.8 Å². The van der Waals surface area contributed by atoms with Gasteiger partial charge in [-0.05, 0) is 43.9 Å². The van der Waals surface area contributed by atoms with Crippen LogP contribution in [0.5, 0.6) is 0 Å². The first-order valence-corrected chi connectivity index (χ1v) is 6.93. The summed E-state index contributed by atoms with van der Waals surface area (Å²) in [4.78, 5) is 25.5. The average Bonchev–Trinajstić information content (AvgIpc) is 2.46. The van der Waals surface area contributed by atoms with Crippen molar-refractivity contribution in [3.05, 3.63) is 35.4 Å². The molecule has 5 nitrogen and oxygen atoms in total. The zero-order chi connectivity index (χ0) is 14.7. The van der Waals surface area contributed by atoms with Gasteiger partial charge in [-0.25, -0.2) is 0 Å². The maximum absolute atomic E-state index is 12.5. The van der Waals surface area contributed by atoms with Crippen molar-refractivity contribution < 1.29 is 9.59 Å². The third-order valence-corrected chi connectivity index (χ3v) is 3.88. The summed E-state index contributed by atoms with van der Waals surface area (Å²) in [7, 11) is 0. The standard InChI is InChI=1S/C15H21N3O2.ClH/c1-10(16)13-6-3-7-18(9-13)15(20)12-5-2-4-11(8-12)14(17)19;/h2,4-5,8,10,13H,3,6-7,9,16H2,1H3,(H2,17,19);1H. The van der Waals surface area contributed by atoms with Gasteiger partial charge in [0.1, 0.15) is 0 Å². The van der Waals surface area contributed by atoms with E-state index in [0.717, 1.165) is 19.4 Å². The Labute approximate surface area is 131 Å². The van der Waals surface area contributed by atoms with Crippen LogP contribution in [0.2, 0.25) is 0 Å². The number of nitrogens with zero attached hydrogens (tertiary/aromatic N) is 1. The number of benzene rings is 1. The van der Waals surface area contributed by atoms with Gasteiger partial charge in [0.25, 0.3) is 5.91 Å². The molecule has 0 saturated carbocycles. The van der Waals surface area contributed by atoms with E-state index in [9.17, 15) is 9.59 Å². The van der Waals surface area contributed by atoms with Crippen LogP contribution in [0.25, 0.3) is 0 Å². The van der Waals surface area contributed by atoms with Crippen molar-refractivity contribution in [1.82, 2.24) is 4.90 Å². The summed E-state index contributed by atoms with van der Waals surface area (Å²) in [5.74, 6) is -0.239. The predicted octanol–water partition coefficient (Wildman–Crippen LogP) is 1.41. The first-order valence-electron chi connectivity index (χ1n) is 6.93. The highest BCUT2D eigenvalue weighted by Crippen LogP contribution is 2.20. The lowest BCUT2D eigenvalue weighted by atomic mass is 9.92. The van der Waals surface area contributed by atoms with E-state index < -0.39 is 5.91 Å². The van der Waals surface area contributed by atoms with Crippen LogP contribution in [0.4, 0.5) is 0 Å². The fraction of sp³-hybridized carbons (Fsp3) is 0.467. The molecule has 0 bridgehead atoms. The molecule has 2 unspecified atom stereocenters. The zero-order valence-electron chi connectivity index (χ0n) is 12.1. The minimum Gasteiger partial charge on any atom is -0.366 e. The fourth-order valence-electron chi connectivity index (χ4n) is 2.61. The number of nitrogens with two attached hydrogens (primary N) is 2. The van der Waals surface area contributed by atoms with Crippen LogP contribution in [0.1, 0.15) is 40.5 Å². The Kier molecular flexibility index (Phi) is 6.18. The topological polar surface area (TPSA) is 89.4 Å². The van der Waals surface area contributed by atoms with Gasteiger partial charge in [-0.3, -0.25) is 9.59 Å². The summed E-state index contributed by atoms with van der Waals surface area (Å²) in [6.07, 6.45) is 2.02. The summed E-state index contributed by atoms with van der Waals surface area (Å²) in [6.45, 7) is 3.40. The molecule has 6 heteroatoms. The quantitative estimate of drug-likeness (QED) is 0.884. The number of hydrogen-bond acceptors (Lipinski definition) is 3. The number of carbonyl (C=O) groups excluding carboxylic acids is 2. The van der Waals surface area contributed by atoms with E-state index in [-0.39, 0.29) is 24.4 Å². The van der Waals surface area contributed by atoms with Gasteiger partial charge in [-0.2, -0.15) is 0 Å². The van der Waals surface area contributed by atoms with Crippen LogP contribution in [-0.4, -0.2) is 35.8 Å². The lowest BCUT2D eigenvalue weighted by Gasteiger charge is -2.34. The van der Waals surface area contributed by atoms with E-state index in [0.29, 0.717) is 23.6 Å². The van der Waals surface area contributed by atoms with Crippen LogP contribution >= 0.6 is 12.4 Å². The van der Waals surface area contributed by atoms with Gasteiger partial charge in [0.05, 0.1) is 0 Å². The smallest absolute Gasteiger partial charge is 0.253 e. The molecule has 21 heavy (non-hydrogen) atoms. The van der Waals surface area contributed by atoms with Crippen LogP contribution in [0.3, 0.4) is 0 Å². The monoisotopic (exact) mass is 311 g/mol. The lowest BCUT2D eigenvalue weighted by Crippen LogP contribution is -2.45. The first kappa shape index (κ1) is 17.5. The summed E-state index contributed by atoms with van der Waals surface area (Å²) >= 11 is 0. The second-order valence-corrected chi connectivity index (χ2v) is 5.46. The number of halogens is 1. The number of primary amides is 1. The predicted molar refractivity (Wildman–Crippen MR) is 84.5 cm³/mol. The van der Waals surface area contributed by atoms with Crippen molar-refractivity contribution in [1.29, 1.82) is 0 Å². The van der Waals surface area contributed by atoms with E-state index in [4.69, 9.17) is 11.5 Å². The molecular weight excluding hydrogens is 290 g/mol. The highest BCUT2D eigenvalue weighted by Gasteiger charge is 2.26. The second-order valence-electron chi connectivity index (χ2n) is 5.46. The van der Waals surface area contributed by atoms with Crippen molar-refractivity contribution in [3.8, 4) is 0 Å². The molecule has 1 aromatic carbocycles. The molecule has 0 spiro atoms. The Balaban J connectivity index is 0.00000220. The normalized spacial score (nSPS) is 19.5. The summed E-state index contributed by atoms with van der Waals surface area (Å²) in [5.41, 5.74) is 12.0. The molecule has 2 rings (SSSR count). The van der Waals surface area contributed by atoms with Gasteiger partial charge in [-0.15, -0.1) is 12.4 Å². The van der Waals surface area contributed by atoms with E-state index in [1.54, 1.807) is 24.3 Å². The van der Waals surface area contributed by atoms with E-state index >= 15 is 0 Å². The number of hydrogen-bond donors (Lipinski definition) is 2. The van der Waals surface area contributed by atoms with Crippen LogP contribution in [-0.2, 0) is 0 Å². The molecule has 1 aliphatic rings. The van der Waals surface area contributed by atoms with Gasteiger partial charge in [0.15, 0.2) is 0 Å². The maximum atomic E-state index is 12.5. The van der Waals surface area contributed by atoms with Crippen molar-refractivity contribution in [2.24, 2.45) is 17.4 Å². The van der Waals surface area contributed by atoms with Gasteiger partial charge in [-0.1, -0.05) is 6.07 Å². The third kappa shape index (κ3) is 4.19. The zero-order valence-corrected chi connectivity index (χ0v) is 12.9. The molecule has 4 N–H and O–H groups in total. The Hall–Kier alpha value is -1.59. The highest BCUT2D eigenvalue weighted by atomic mass is 35.5. The molecule has 1 saturated heterocycles. The Morgan fingerprint density at radius 3 is 2.62 bits per heavy atom. The molecule has 1 fully saturated rings. The molecule has 0 radical (unpaired) electrons. The maximum Gasteiger partial charge on any atom is 0.253 e. The van der Waals surface area contributed by atoms with Gasteiger partial charge < -0.3 is 16.4 Å². The number of piperidine rings is 1. The minimum atomic E-state index is -0.522. The van der Waals surface area contributed by atoms with Crippen LogP contribution in [0, 0.1) is 5.92 Å². The molecule has 1 aromatic rings. The van der Waals surface area contributed by atoms with Crippen molar-refractivity contribution in [3.63, 3.8) is 0 Å². The minimum absolute atomic E-state index is 0. The lowest BCUT2D eigenvalue weighted by molar-refractivity contribution is 0.0661. The fourth-order valence-corrected chi connectivity index (χ4v) is 2.61. The van der Waals surface area contributed by atoms with Crippen molar-refractivity contribution in [2.45, 2.75) is 25.8 Å². The van der Waals surface area contributed by atoms with E-state index in [1.165, 1.54) is 0 Å². The third-order valence-electron chi connectivity index (χ3n) is 3.88. The molecule has 1 aliphatic heterocycles. The van der Waals surface area contributed by atoms with Crippen LogP contribution in [0.15, 0.2) is 24.3 Å². The van der Waals surface area contributed by atoms with Crippen molar-refractivity contribution >= 4 is 24.2 Å². The SMILES string of the molecule is CC(N)C1CCCN(C(=O)c2cccc(C(N)=O)c2)C1.Cl. The van der Waals surface area contributed by atoms with Gasteiger partial charge in [0.2, 0.25) is 5.91 Å². The molecule has 1 heterocycles. The Morgan fingerprint density at radius 1 is 1.33 bits per heavy atom. The van der Waals surface area contributed by atoms with Crippen molar-refractivity contribution in [2.75, 3.05) is 13.1 Å². The Morgan fingerprint density at radius 2 is 2.00 bits per heavy atom. The van der Waals surface area contributed by atoms with Gasteiger partial charge >= 0.3 is 0 Å². The number of amides is 2. The molecular formula is C15H22ClN3O2. The van der Waals surface area contributed by atoms with Crippen LogP contribution < -0.4 is 11.5 Å². The molecule has 2 amide bonds. The summed E-state index contributed by atoms with van der Waals surface area (Å²) in [5, 5.41) is 0. The summed E-state index contributed by atoms with van der Waals surface area (Å²) in [6, 6.07) is 6.65.